The van der Waals surface area contributed by atoms with Gasteiger partial charge in [-0.25, -0.2) is 12.8 Å². The van der Waals surface area contributed by atoms with Crippen LogP contribution in [0, 0.1) is 5.82 Å². The zero-order chi connectivity index (χ0) is 20.4. The Hall–Kier alpha value is -2.69. The Labute approximate surface area is 167 Å². The molecule has 0 atom stereocenters. The van der Waals surface area contributed by atoms with Crippen molar-refractivity contribution in [2.24, 2.45) is 0 Å². The second-order valence-electron chi connectivity index (χ2n) is 6.90. The molecule has 0 spiro atoms. The van der Waals surface area contributed by atoms with E-state index in [1.54, 1.807) is 18.2 Å². The van der Waals surface area contributed by atoms with Crippen LogP contribution in [0.15, 0.2) is 47.4 Å². The predicted octanol–water partition coefficient (Wildman–Crippen LogP) is 0.0823. The van der Waals surface area contributed by atoms with Gasteiger partial charge in [0.15, 0.2) is 18.0 Å². The van der Waals surface area contributed by atoms with Gasteiger partial charge in [0.05, 0.1) is 31.1 Å². The SMILES string of the molecule is O=C(C[NH+]1CCN(S(=O)(=O)c2ccc(F)cc2)CC1)Nc1ccc2c(c1)OCO2. The molecule has 154 valence electrons. The Balaban J connectivity index is 1.30. The highest BCUT2D eigenvalue weighted by molar-refractivity contribution is 7.89. The summed E-state index contributed by atoms with van der Waals surface area (Å²) in [6, 6.07) is 10.00. The Kier molecular flexibility index (Phi) is 5.39. The normalized spacial score (nSPS) is 17.3. The van der Waals surface area contributed by atoms with Crippen LogP contribution < -0.4 is 19.7 Å². The van der Waals surface area contributed by atoms with Gasteiger partial charge in [-0.1, -0.05) is 0 Å². The van der Waals surface area contributed by atoms with E-state index in [4.69, 9.17) is 9.47 Å². The second-order valence-corrected chi connectivity index (χ2v) is 8.84. The van der Waals surface area contributed by atoms with E-state index in [-0.39, 0.29) is 24.1 Å². The van der Waals surface area contributed by atoms with Crippen LogP contribution in [0.3, 0.4) is 0 Å². The number of amides is 1. The standard InChI is InChI=1S/C19H20FN3O5S/c20-14-1-4-16(5-2-14)29(25,26)23-9-7-22(8-10-23)12-19(24)21-15-3-6-17-18(11-15)28-13-27-17/h1-6,11H,7-10,12-13H2,(H,21,24)/p+1. The van der Waals surface area contributed by atoms with Gasteiger partial charge < -0.3 is 19.7 Å². The van der Waals surface area contributed by atoms with Crippen LogP contribution in [0.2, 0.25) is 0 Å². The molecular formula is C19H21FN3O5S+. The van der Waals surface area contributed by atoms with Crippen LogP contribution in [0.1, 0.15) is 0 Å². The Morgan fingerprint density at radius 1 is 1.07 bits per heavy atom. The maximum absolute atomic E-state index is 13.0. The molecule has 0 aromatic heterocycles. The van der Waals surface area contributed by atoms with E-state index in [0.717, 1.165) is 17.0 Å². The highest BCUT2D eigenvalue weighted by Crippen LogP contribution is 2.34. The number of carbonyl (C=O) groups is 1. The van der Waals surface area contributed by atoms with Crippen LogP contribution in [0.25, 0.3) is 0 Å². The third-order valence-corrected chi connectivity index (χ3v) is 6.86. The third kappa shape index (κ3) is 4.34. The summed E-state index contributed by atoms with van der Waals surface area (Å²) in [4.78, 5) is 13.4. The lowest BCUT2D eigenvalue weighted by Gasteiger charge is -2.31. The number of quaternary nitrogens is 1. The minimum absolute atomic E-state index is 0.0721. The van der Waals surface area contributed by atoms with E-state index in [9.17, 15) is 17.6 Å². The summed E-state index contributed by atoms with van der Waals surface area (Å²) in [6.45, 7) is 2.02. The lowest BCUT2D eigenvalue weighted by Crippen LogP contribution is -3.15. The molecule has 2 aromatic rings. The average Bonchev–Trinajstić information content (AvgIpc) is 3.16. The summed E-state index contributed by atoms with van der Waals surface area (Å²) in [5, 5.41) is 2.83. The minimum Gasteiger partial charge on any atom is -0.454 e. The number of benzene rings is 2. The molecule has 0 unspecified atom stereocenters. The summed E-state index contributed by atoms with van der Waals surface area (Å²) in [6.07, 6.45) is 0. The number of carbonyl (C=O) groups excluding carboxylic acids is 1. The van der Waals surface area contributed by atoms with Gasteiger partial charge in [0, 0.05) is 11.8 Å². The van der Waals surface area contributed by atoms with Gasteiger partial charge in [-0.05, 0) is 36.4 Å². The van der Waals surface area contributed by atoms with Crippen molar-refractivity contribution in [2.45, 2.75) is 4.90 Å². The number of ether oxygens (including phenoxy) is 2. The van der Waals surface area contributed by atoms with Crippen molar-refractivity contribution < 1.29 is 32.0 Å². The number of nitrogens with zero attached hydrogens (tertiary/aromatic N) is 1. The molecule has 2 aliphatic rings. The van der Waals surface area contributed by atoms with Crippen LogP contribution >= 0.6 is 0 Å². The molecule has 10 heteroatoms. The summed E-state index contributed by atoms with van der Waals surface area (Å²) in [5.41, 5.74) is 0.621. The highest BCUT2D eigenvalue weighted by atomic mass is 32.2. The number of halogens is 1. The molecule has 2 aliphatic heterocycles. The zero-order valence-corrected chi connectivity index (χ0v) is 16.4. The maximum Gasteiger partial charge on any atom is 0.279 e. The summed E-state index contributed by atoms with van der Waals surface area (Å²) < 4.78 is 50.3. The molecule has 1 fully saturated rings. The van der Waals surface area contributed by atoms with Crippen molar-refractivity contribution in [1.29, 1.82) is 0 Å². The van der Waals surface area contributed by atoms with Crippen molar-refractivity contribution in [3.05, 3.63) is 48.3 Å². The van der Waals surface area contributed by atoms with E-state index >= 15 is 0 Å². The summed E-state index contributed by atoms with van der Waals surface area (Å²) in [7, 11) is -3.66. The minimum atomic E-state index is -3.66. The molecule has 1 saturated heterocycles. The van der Waals surface area contributed by atoms with Gasteiger partial charge in [0.25, 0.3) is 5.91 Å². The summed E-state index contributed by atoms with van der Waals surface area (Å²) >= 11 is 0. The first kappa shape index (κ1) is 19.6. The quantitative estimate of drug-likeness (QED) is 0.713. The van der Waals surface area contributed by atoms with Crippen molar-refractivity contribution in [1.82, 2.24) is 4.31 Å². The lowest BCUT2D eigenvalue weighted by atomic mass is 10.2. The number of anilines is 1. The number of fused-ring (bicyclic) bond motifs is 1. The predicted molar refractivity (Wildman–Crippen MR) is 102 cm³/mol. The third-order valence-electron chi connectivity index (χ3n) is 4.95. The molecule has 4 rings (SSSR count). The fourth-order valence-electron chi connectivity index (χ4n) is 3.38. The topological polar surface area (TPSA) is 89.4 Å². The van der Waals surface area contributed by atoms with Crippen molar-refractivity contribution >= 4 is 21.6 Å². The van der Waals surface area contributed by atoms with Crippen molar-refractivity contribution in [2.75, 3.05) is 44.8 Å². The van der Waals surface area contributed by atoms with Gasteiger partial charge in [-0.3, -0.25) is 4.79 Å². The van der Waals surface area contributed by atoms with E-state index in [1.165, 1.54) is 16.4 Å². The highest BCUT2D eigenvalue weighted by Gasteiger charge is 2.31. The smallest absolute Gasteiger partial charge is 0.279 e. The van der Waals surface area contributed by atoms with E-state index in [1.807, 2.05) is 0 Å². The molecule has 8 nitrogen and oxygen atoms in total. The van der Waals surface area contributed by atoms with Crippen LogP contribution in [-0.2, 0) is 14.8 Å². The van der Waals surface area contributed by atoms with Crippen molar-refractivity contribution in [3.8, 4) is 11.5 Å². The first-order valence-corrected chi connectivity index (χ1v) is 10.6. The Bertz CT molecular complexity index is 1010. The first-order valence-electron chi connectivity index (χ1n) is 9.20. The van der Waals surface area contributed by atoms with Crippen LogP contribution in [0.4, 0.5) is 10.1 Å². The molecular weight excluding hydrogens is 401 g/mol. The molecule has 0 bridgehead atoms. The second kappa shape index (κ2) is 7.97. The molecule has 2 N–H and O–H groups in total. The molecule has 0 aliphatic carbocycles. The molecule has 1 amide bonds. The fraction of sp³-hybridized carbons (Fsp3) is 0.316. The zero-order valence-electron chi connectivity index (χ0n) is 15.6. The molecule has 29 heavy (non-hydrogen) atoms. The fourth-order valence-corrected chi connectivity index (χ4v) is 4.82. The van der Waals surface area contributed by atoms with E-state index in [0.29, 0.717) is 43.4 Å². The Morgan fingerprint density at radius 3 is 2.48 bits per heavy atom. The van der Waals surface area contributed by atoms with Gasteiger partial charge >= 0.3 is 0 Å². The molecule has 0 saturated carbocycles. The first-order chi connectivity index (χ1) is 13.9. The molecule has 0 radical (unpaired) electrons. The van der Waals surface area contributed by atoms with Crippen molar-refractivity contribution in [3.63, 3.8) is 0 Å². The number of hydrogen-bond acceptors (Lipinski definition) is 5. The molecule has 2 heterocycles. The van der Waals surface area contributed by atoms with Gasteiger partial charge in [0.2, 0.25) is 16.8 Å². The van der Waals surface area contributed by atoms with Gasteiger partial charge in [-0.2, -0.15) is 4.31 Å². The van der Waals surface area contributed by atoms with Gasteiger partial charge in [0.1, 0.15) is 5.82 Å². The van der Waals surface area contributed by atoms with Gasteiger partial charge in [-0.15, -0.1) is 0 Å². The maximum atomic E-state index is 13.0. The number of nitrogens with one attached hydrogen (secondary N) is 2. The Morgan fingerprint density at radius 2 is 1.76 bits per heavy atom. The van der Waals surface area contributed by atoms with E-state index in [2.05, 4.69) is 5.32 Å². The lowest BCUT2D eigenvalue weighted by molar-refractivity contribution is -0.895. The van der Waals surface area contributed by atoms with Crippen LogP contribution in [0.5, 0.6) is 11.5 Å². The number of piperazine rings is 1. The largest absolute Gasteiger partial charge is 0.454 e. The van der Waals surface area contributed by atoms with Crippen LogP contribution in [-0.4, -0.2) is 58.1 Å². The monoisotopic (exact) mass is 422 g/mol. The number of rotatable bonds is 5. The average molecular weight is 422 g/mol. The summed E-state index contributed by atoms with van der Waals surface area (Å²) in [5.74, 6) is 0.599. The number of sulfonamides is 1. The van der Waals surface area contributed by atoms with E-state index < -0.39 is 15.8 Å². The number of hydrogen-bond donors (Lipinski definition) is 2. The molecule has 2 aromatic carbocycles.